The second-order valence-corrected chi connectivity index (χ2v) is 6.56. The number of ether oxygens (including phenoxy) is 2. The van der Waals surface area contributed by atoms with Gasteiger partial charge in [0.25, 0.3) is 0 Å². The quantitative estimate of drug-likeness (QED) is 0.784. The average molecular weight is 299 g/mol. The van der Waals surface area contributed by atoms with E-state index in [1.54, 1.807) is 0 Å². The van der Waals surface area contributed by atoms with E-state index in [4.69, 9.17) is 9.47 Å². The predicted molar refractivity (Wildman–Crippen MR) is 91.5 cm³/mol. The predicted octanol–water partition coefficient (Wildman–Crippen LogP) is 4.38. The minimum absolute atomic E-state index is 0.368. The minimum atomic E-state index is -0.368. The van der Waals surface area contributed by atoms with Crippen molar-refractivity contribution in [3.05, 3.63) is 12.7 Å². The maximum absolute atomic E-state index is 5.71. The lowest BCUT2D eigenvalue weighted by molar-refractivity contribution is -0.275. The number of allylic oxidation sites excluding steroid dienone is 1. The smallest absolute Gasteiger partial charge is 0.163 e. The molecule has 2 heterocycles. The Morgan fingerprint density at radius 2 is 1.90 bits per heavy atom. The Morgan fingerprint density at radius 1 is 1.29 bits per heavy atom. The van der Waals surface area contributed by atoms with E-state index in [-0.39, 0.29) is 5.79 Å². The second kappa shape index (κ2) is 10.4. The summed E-state index contributed by atoms with van der Waals surface area (Å²) in [6.07, 6.45) is 4.78. The van der Waals surface area contributed by atoms with E-state index in [2.05, 4.69) is 32.7 Å². The summed E-state index contributed by atoms with van der Waals surface area (Å²) < 4.78 is 11.2. The van der Waals surface area contributed by atoms with E-state index < -0.39 is 0 Å². The van der Waals surface area contributed by atoms with Crippen LogP contribution in [0.2, 0.25) is 0 Å². The number of nitrogens with one attached hydrogen (secondary N) is 1. The second-order valence-electron chi connectivity index (χ2n) is 6.56. The Kier molecular flexibility index (Phi) is 10.2. The zero-order valence-corrected chi connectivity index (χ0v) is 15.2. The van der Waals surface area contributed by atoms with Crippen LogP contribution in [0.1, 0.15) is 61.3 Å². The topological polar surface area (TPSA) is 30.5 Å². The molecule has 2 aliphatic rings. The maximum atomic E-state index is 5.71. The van der Waals surface area contributed by atoms with Gasteiger partial charge in [-0.1, -0.05) is 40.7 Å². The third kappa shape index (κ3) is 8.60. The summed E-state index contributed by atoms with van der Waals surface area (Å²) in [4.78, 5) is 0. The molecule has 126 valence electrons. The largest absolute Gasteiger partial charge is 0.349 e. The van der Waals surface area contributed by atoms with Crippen LogP contribution in [0.15, 0.2) is 12.7 Å². The van der Waals surface area contributed by atoms with Crippen molar-refractivity contribution in [3.63, 3.8) is 0 Å². The molecule has 0 aromatic heterocycles. The Bertz CT molecular complexity index is 276. The van der Waals surface area contributed by atoms with Crippen LogP contribution < -0.4 is 5.32 Å². The first-order chi connectivity index (χ1) is 9.84. The Balaban J connectivity index is 0.000000358. The number of hydrogen-bond donors (Lipinski definition) is 1. The highest BCUT2D eigenvalue weighted by Gasteiger charge is 2.38. The van der Waals surface area contributed by atoms with Crippen molar-refractivity contribution in [3.8, 4) is 0 Å². The third-order valence-corrected chi connectivity index (χ3v) is 3.58. The molecule has 0 aromatic rings. The molecule has 1 N–H and O–H groups in total. The van der Waals surface area contributed by atoms with Gasteiger partial charge in [0.15, 0.2) is 5.79 Å². The van der Waals surface area contributed by atoms with Crippen molar-refractivity contribution in [2.45, 2.75) is 79.2 Å². The lowest BCUT2D eigenvalue weighted by atomic mass is 9.99. The van der Waals surface area contributed by atoms with Gasteiger partial charge in [-0.3, -0.25) is 0 Å². The van der Waals surface area contributed by atoms with Crippen molar-refractivity contribution in [1.29, 1.82) is 0 Å². The molecule has 2 aliphatic heterocycles. The molecule has 0 amide bonds. The van der Waals surface area contributed by atoms with Crippen LogP contribution in [0, 0.1) is 11.8 Å². The van der Waals surface area contributed by atoms with Gasteiger partial charge >= 0.3 is 0 Å². The van der Waals surface area contributed by atoms with E-state index >= 15 is 0 Å². The first-order valence-electron chi connectivity index (χ1n) is 8.51. The van der Waals surface area contributed by atoms with Crippen molar-refractivity contribution in [1.82, 2.24) is 5.32 Å². The SMILES string of the molecule is C=CC(C)CC(C)C.CC.CC1(C)OCC2NCCC2O1. The summed E-state index contributed by atoms with van der Waals surface area (Å²) in [7, 11) is 0. The highest BCUT2D eigenvalue weighted by molar-refractivity contribution is 4.88. The van der Waals surface area contributed by atoms with E-state index in [0.717, 1.165) is 25.5 Å². The van der Waals surface area contributed by atoms with Gasteiger partial charge in [0, 0.05) is 0 Å². The van der Waals surface area contributed by atoms with Gasteiger partial charge in [-0.15, -0.1) is 6.58 Å². The molecule has 2 saturated heterocycles. The molecule has 3 atom stereocenters. The van der Waals surface area contributed by atoms with Gasteiger partial charge in [0.1, 0.15) is 0 Å². The molecule has 0 spiro atoms. The normalized spacial score (nSPS) is 27.6. The summed E-state index contributed by atoms with van der Waals surface area (Å²) in [5.41, 5.74) is 0. The van der Waals surface area contributed by atoms with Crippen LogP contribution in [0.3, 0.4) is 0 Å². The Hall–Kier alpha value is -0.380. The molecule has 2 fully saturated rings. The maximum Gasteiger partial charge on any atom is 0.163 e. The fraction of sp³-hybridized carbons (Fsp3) is 0.889. The van der Waals surface area contributed by atoms with Gasteiger partial charge < -0.3 is 14.8 Å². The van der Waals surface area contributed by atoms with Crippen LogP contribution in [-0.2, 0) is 9.47 Å². The molecule has 0 bridgehead atoms. The summed E-state index contributed by atoms with van der Waals surface area (Å²) >= 11 is 0. The van der Waals surface area contributed by atoms with E-state index in [1.807, 2.05) is 33.8 Å². The van der Waals surface area contributed by atoms with E-state index in [0.29, 0.717) is 18.1 Å². The van der Waals surface area contributed by atoms with E-state index in [1.165, 1.54) is 6.42 Å². The average Bonchev–Trinajstić information content (AvgIpc) is 2.86. The summed E-state index contributed by atoms with van der Waals surface area (Å²) in [5, 5.41) is 3.35. The number of hydrogen-bond acceptors (Lipinski definition) is 3. The molecular formula is C18H37NO2. The highest BCUT2D eigenvalue weighted by Crippen LogP contribution is 2.26. The summed E-state index contributed by atoms with van der Waals surface area (Å²) in [5.74, 6) is 1.13. The first-order valence-corrected chi connectivity index (χ1v) is 8.51. The van der Waals surface area contributed by atoms with Crippen LogP contribution in [0.5, 0.6) is 0 Å². The zero-order valence-electron chi connectivity index (χ0n) is 15.2. The minimum Gasteiger partial charge on any atom is -0.349 e. The van der Waals surface area contributed by atoms with Gasteiger partial charge in [-0.2, -0.15) is 0 Å². The molecule has 0 aliphatic carbocycles. The molecule has 21 heavy (non-hydrogen) atoms. The van der Waals surface area contributed by atoms with Crippen molar-refractivity contribution in [2.75, 3.05) is 13.2 Å². The van der Waals surface area contributed by atoms with Crippen LogP contribution in [-0.4, -0.2) is 31.1 Å². The fourth-order valence-corrected chi connectivity index (χ4v) is 2.58. The molecule has 3 nitrogen and oxygen atoms in total. The monoisotopic (exact) mass is 299 g/mol. The van der Waals surface area contributed by atoms with Crippen LogP contribution in [0.4, 0.5) is 0 Å². The Morgan fingerprint density at radius 3 is 2.38 bits per heavy atom. The molecular weight excluding hydrogens is 262 g/mol. The molecule has 0 radical (unpaired) electrons. The van der Waals surface area contributed by atoms with Gasteiger partial charge in [-0.25, -0.2) is 0 Å². The number of fused-ring (bicyclic) bond motifs is 1. The third-order valence-electron chi connectivity index (χ3n) is 3.58. The molecule has 0 aromatic carbocycles. The highest BCUT2D eigenvalue weighted by atomic mass is 16.7. The molecule has 2 rings (SSSR count). The molecule has 3 heteroatoms. The zero-order chi connectivity index (χ0) is 16.5. The van der Waals surface area contributed by atoms with Crippen molar-refractivity contribution < 1.29 is 9.47 Å². The van der Waals surface area contributed by atoms with Crippen LogP contribution >= 0.6 is 0 Å². The van der Waals surface area contributed by atoms with Gasteiger partial charge in [0.2, 0.25) is 0 Å². The lowest BCUT2D eigenvalue weighted by Crippen LogP contribution is -2.49. The molecule has 3 unspecified atom stereocenters. The van der Waals surface area contributed by atoms with E-state index in [9.17, 15) is 0 Å². The lowest BCUT2D eigenvalue weighted by Gasteiger charge is -2.37. The first kappa shape index (κ1) is 20.6. The van der Waals surface area contributed by atoms with Gasteiger partial charge in [0.05, 0.1) is 18.8 Å². The summed E-state index contributed by atoms with van der Waals surface area (Å²) in [6, 6.07) is 0.433. The van der Waals surface area contributed by atoms with Gasteiger partial charge in [-0.05, 0) is 45.1 Å². The van der Waals surface area contributed by atoms with Crippen molar-refractivity contribution >= 4 is 0 Å². The Labute approximate surface area is 132 Å². The standard InChI is InChI=1S/C8H15NO2.C8H16.C2H6/c1-8(2)10-5-6-7(11-8)3-4-9-6;1-5-8(4)6-7(2)3;1-2/h6-7,9H,3-5H2,1-2H3;5,7-8H,1,6H2,2-4H3;1-2H3. The van der Waals surface area contributed by atoms with Crippen LogP contribution in [0.25, 0.3) is 0 Å². The van der Waals surface area contributed by atoms with Crippen molar-refractivity contribution in [2.24, 2.45) is 11.8 Å². The summed E-state index contributed by atoms with van der Waals surface area (Å²) in [6.45, 7) is 20.2. The number of rotatable bonds is 3. The molecule has 0 saturated carbocycles. The fourth-order valence-electron chi connectivity index (χ4n) is 2.58.